The van der Waals surface area contributed by atoms with E-state index < -0.39 is 0 Å². The highest BCUT2D eigenvalue weighted by Gasteiger charge is 2.24. The third kappa shape index (κ3) is 6.22. The van der Waals surface area contributed by atoms with E-state index in [1.165, 1.54) is 0 Å². The molecule has 0 aliphatic carbocycles. The lowest BCUT2D eigenvalue weighted by Crippen LogP contribution is -2.41. The van der Waals surface area contributed by atoms with E-state index in [-0.39, 0.29) is 18.6 Å². The van der Waals surface area contributed by atoms with Crippen molar-refractivity contribution < 1.29 is 14.3 Å². The molecule has 7 nitrogen and oxygen atoms in total. The SMILES string of the molecule is O=C(COCc1cccc(Cl)c1)N1CCC(n2cc(COc3ccc(Cl)cc3)nn2)CC1. The van der Waals surface area contributed by atoms with Crippen LogP contribution in [0.5, 0.6) is 5.75 Å². The minimum Gasteiger partial charge on any atom is -0.487 e. The number of piperidine rings is 1. The molecule has 1 fully saturated rings. The number of halogens is 2. The molecule has 0 bridgehead atoms. The first-order valence-electron chi connectivity index (χ1n) is 10.5. The van der Waals surface area contributed by atoms with Gasteiger partial charge in [-0.15, -0.1) is 5.10 Å². The molecule has 0 radical (unpaired) electrons. The molecule has 9 heteroatoms. The predicted octanol–water partition coefficient (Wildman–Crippen LogP) is 4.54. The lowest BCUT2D eigenvalue weighted by atomic mass is 10.1. The standard InChI is InChI=1S/C23H24Cl2N4O3/c24-18-4-6-22(7-5-18)32-15-20-13-29(27-26-20)21-8-10-28(11-9-21)23(30)16-31-14-17-2-1-3-19(25)12-17/h1-7,12-13,21H,8-11,14-16H2. The Bertz CT molecular complexity index is 1030. The van der Waals surface area contributed by atoms with E-state index >= 15 is 0 Å². The Morgan fingerprint density at radius 1 is 1.03 bits per heavy atom. The molecule has 1 aliphatic rings. The van der Waals surface area contributed by atoms with E-state index in [1.807, 2.05) is 52.2 Å². The second-order valence-electron chi connectivity index (χ2n) is 7.67. The van der Waals surface area contributed by atoms with Crippen molar-refractivity contribution in [3.63, 3.8) is 0 Å². The van der Waals surface area contributed by atoms with Gasteiger partial charge in [0.15, 0.2) is 0 Å². The number of benzene rings is 2. The minimum atomic E-state index is 0.00104. The summed E-state index contributed by atoms with van der Waals surface area (Å²) in [7, 11) is 0. The third-order valence-electron chi connectivity index (χ3n) is 5.33. The fourth-order valence-corrected chi connectivity index (χ4v) is 3.94. The second-order valence-corrected chi connectivity index (χ2v) is 8.54. The van der Waals surface area contributed by atoms with Gasteiger partial charge in [0, 0.05) is 23.1 Å². The Kier molecular flexibility index (Phi) is 7.63. The minimum absolute atomic E-state index is 0.00104. The average Bonchev–Trinajstić information content (AvgIpc) is 3.28. The molecule has 1 aromatic heterocycles. The van der Waals surface area contributed by atoms with Crippen molar-refractivity contribution in [1.29, 1.82) is 0 Å². The number of carbonyl (C=O) groups is 1. The summed E-state index contributed by atoms with van der Waals surface area (Å²) in [5, 5.41) is 9.79. The molecule has 3 aromatic rings. The zero-order valence-corrected chi connectivity index (χ0v) is 19.0. The molecule has 32 heavy (non-hydrogen) atoms. The summed E-state index contributed by atoms with van der Waals surface area (Å²) in [4.78, 5) is 14.3. The van der Waals surface area contributed by atoms with Crippen LogP contribution in [-0.2, 0) is 22.7 Å². The van der Waals surface area contributed by atoms with Gasteiger partial charge in [0.1, 0.15) is 24.7 Å². The number of ether oxygens (including phenoxy) is 2. The number of hydrogen-bond donors (Lipinski definition) is 0. The van der Waals surface area contributed by atoms with Gasteiger partial charge in [-0.1, -0.05) is 40.5 Å². The molecular weight excluding hydrogens is 451 g/mol. The van der Waals surface area contributed by atoms with Crippen LogP contribution in [-0.4, -0.2) is 45.5 Å². The van der Waals surface area contributed by atoms with Gasteiger partial charge in [0.25, 0.3) is 0 Å². The number of carbonyl (C=O) groups excluding carboxylic acids is 1. The topological polar surface area (TPSA) is 69.5 Å². The van der Waals surface area contributed by atoms with Gasteiger partial charge < -0.3 is 14.4 Å². The monoisotopic (exact) mass is 474 g/mol. The number of likely N-dealkylation sites (tertiary alicyclic amines) is 1. The van der Waals surface area contributed by atoms with Crippen LogP contribution < -0.4 is 4.74 Å². The van der Waals surface area contributed by atoms with E-state index in [2.05, 4.69) is 10.3 Å². The molecule has 0 N–H and O–H groups in total. The lowest BCUT2D eigenvalue weighted by Gasteiger charge is -2.31. The van der Waals surface area contributed by atoms with E-state index in [0.29, 0.717) is 36.3 Å². The number of hydrogen-bond acceptors (Lipinski definition) is 5. The highest BCUT2D eigenvalue weighted by molar-refractivity contribution is 6.30. The summed E-state index contributed by atoms with van der Waals surface area (Å²) in [5.74, 6) is 0.731. The molecule has 0 atom stereocenters. The molecule has 1 saturated heterocycles. The highest BCUT2D eigenvalue weighted by Crippen LogP contribution is 2.22. The average molecular weight is 475 g/mol. The van der Waals surface area contributed by atoms with E-state index in [4.69, 9.17) is 32.7 Å². The number of amides is 1. The second kappa shape index (κ2) is 10.8. The summed E-state index contributed by atoms with van der Waals surface area (Å²) in [6.45, 7) is 2.10. The van der Waals surface area contributed by atoms with Crippen LogP contribution in [0.15, 0.2) is 54.7 Å². The van der Waals surface area contributed by atoms with Gasteiger partial charge in [-0.05, 0) is 54.8 Å². The molecule has 1 aliphatic heterocycles. The fourth-order valence-electron chi connectivity index (χ4n) is 3.60. The van der Waals surface area contributed by atoms with Crippen molar-refractivity contribution in [3.05, 3.63) is 76.0 Å². The van der Waals surface area contributed by atoms with Gasteiger partial charge in [-0.2, -0.15) is 0 Å². The van der Waals surface area contributed by atoms with E-state index in [0.717, 1.165) is 29.8 Å². The smallest absolute Gasteiger partial charge is 0.248 e. The number of rotatable bonds is 8. The van der Waals surface area contributed by atoms with Crippen molar-refractivity contribution in [2.45, 2.75) is 32.1 Å². The predicted molar refractivity (Wildman–Crippen MR) is 122 cm³/mol. The Hall–Kier alpha value is -2.61. The fraction of sp³-hybridized carbons (Fsp3) is 0.348. The molecule has 168 valence electrons. The maximum Gasteiger partial charge on any atom is 0.248 e. The van der Waals surface area contributed by atoms with Crippen molar-refractivity contribution in [3.8, 4) is 5.75 Å². The molecule has 0 unspecified atom stereocenters. The maximum atomic E-state index is 12.5. The van der Waals surface area contributed by atoms with E-state index in [1.54, 1.807) is 12.1 Å². The van der Waals surface area contributed by atoms with Gasteiger partial charge in [0.05, 0.1) is 18.8 Å². The first-order chi connectivity index (χ1) is 15.6. The zero-order chi connectivity index (χ0) is 22.3. The zero-order valence-electron chi connectivity index (χ0n) is 17.5. The molecule has 0 spiro atoms. The van der Waals surface area contributed by atoms with Crippen LogP contribution in [0.25, 0.3) is 0 Å². The number of nitrogens with zero attached hydrogens (tertiary/aromatic N) is 4. The number of aromatic nitrogens is 3. The summed E-state index contributed by atoms with van der Waals surface area (Å²) >= 11 is 11.9. The van der Waals surface area contributed by atoms with Crippen LogP contribution in [0, 0.1) is 0 Å². The lowest BCUT2D eigenvalue weighted by molar-refractivity contribution is -0.137. The molecular formula is C23H24Cl2N4O3. The normalized spacial score (nSPS) is 14.5. The van der Waals surface area contributed by atoms with Gasteiger partial charge >= 0.3 is 0 Å². The highest BCUT2D eigenvalue weighted by atomic mass is 35.5. The summed E-state index contributed by atoms with van der Waals surface area (Å²) in [6, 6.07) is 14.9. The van der Waals surface area contributed by atoms with Gasteiger partial charge in [-0.25, -0.2) is 4.68 Å². The quantitative estimate of drug-likeness (QED) is 0.479. The van der Waals surface area contributed by atoms with Gasteiger partial charge in [0.2, 0.25) is 5.91 Å². The Morgan fingerprint density at radius 2 is 1.81 bits per heavy atom. The van der Waals surface area contributed by atoms with Crippen LogP contribution in [0.3, 0.4) is 0 Å². The van der Waals surface area contributed by atoms with E-state index in [9.17, 15) is 4.79 Å². The third-order valence-corrected chi connectivity index (χ3v) is 5.82. The van der Waals surface area contributed by atoms with Crippen molar-refractivity contribution in [1.82, 2.24) is 19.9 Å². The van der Waals surface area contributed by atoms with Crippen LogP contribution in [0.4, 0.5) is 0 Å². The van der Waals surface area contributed by atoms with Crippen LogP contribution in [0.1, 0.15) is 30.1 Å². The first kappa shape index (κ1) is 22.6. The largest absolute Gasteiger partial charge is 0.487 e. The summed E-state index contributed by atoms with van der Waals surface area (Å²) in [6.07, 6.45) is 3.55. The van der Waals surface area contributed by atoms with Crippen LogP contribution >= 0.6 is 23.2 Å². The van der Waals surface area contributed by atoms with Crippen molar-refractivity contribution in [2.24, 2.45) is 0 Å². The Morgan fingerprint density at radius 3 is 2.56 bits per heavy atom. The first-order valence-corrected chi connectivity index (χ1v) is 11.2. The summed E-state index contributed by atoms with van der Waals surface area (Å²) in [5.41, 5.74) is 1.71. The summed E-state index contributed by atoms with van der Waals surface area (Å²) < 4.78 is 13.2. The maximum absolute atomic E-state index is 12.5. The molecule has 4 rings (SSSR count). The van der Waals surface area contributed by atoms with Gasteiger partial charge in [-0.3, -0.25) is 4.79 Å². The Labute approximate surface area is 196 Å². The molecule has 2 aromatic carbocycles. The molecule has 2 heterocycles. The van der Waals surface area contributed by atoms with Crippen LogP contribution in [0.2, 0.25) is 10.0 Å². The Balaban J connectivity index is 1.19. The van der Waals surface area contributed by atoms with Crippen molar-refractivity contribution in [2.75, 3.05) is 19.7 Å². The molecule has 1 amide bonds. The van der Waals surface area contributed by atoms with Crippen molar-refractivity contribution >= 4 is 29.1 Å². The molecule has 0 saturated carbocycles.